The van der Waals surface area contributed by atoms with Gasteiger partial charge in [-0.15, -0.1) is 0 Å². The number of hydrazine groups is 1. The fraction of sp³-hybridized carbons (Fsp3) is 0.0370. The molecule has 0 aliphatic carbocycles. The number of ether oxygens (including phenoxy) is 1. The van der Waals surface area contributed by atoms with Gasteiger partial charge in [-0.25, -0.2) is 9.40 Å². The van der Waals surface area contributed by atoms with E-state index in [-0.39, 0.29) is 18.0 Å². The summed E-state index contributed by atoms with van der Waals surface area (Å²) < 4.78 is 19.3. The van der Waals surface area contributed by atoms with Crippen molar-refractivity contribution in [3.05, 3.63) is 114 Å². The van der Waals surface area contributed by atoms with Crippen molar-refractivity contribution in [1.29, 1.82) is 0 Å². The zero-order valence-corrected chi connectivity index (χ0v) is 17.5. The van der Waals surface area contributed by atoms with Crippen LogP contribution in [-0.2, 0) is 16.2 Å². The molecule has 0 atom stereocenters. The summed E-state index contributed by atoms with van der Waals surface area (Å²) >= 11 is 0. The fourth-order valence-electron chi connectivity index (χ4n) is 3.75. The summed E-state index contributed by atoms with van der Waals surface area (Å²) in [6, 6.07) is 26.4. The van der Waals surface area contributed by atoms with E-state index in [9.17, 15) is 14.0 Å². The first-order valence-corrected chi connectivity index (χ1v) is 10.4. The molecular formula is C27H19FN2O3. The standard InChI is InChI=1S/C27H19FN2O3/c28-20-13-10-18(11-14-20)17-33-25-15-12-19-6-4-5-9-22(19)23(25)16-24-26(31)29-30(27(24)32)21-7-2-1-3-8-21/h1-16H,17H2,(H,29,31). The summed E-state index contributed by atoms with van der Waals surface area (Å²) in [5.74, 6) is -0.724. The van der Waals surface area contributed by atoms with E-state index in [1.807, 2.05) is 42.5 Å². The predicted octanol–water partition coefficient (Wildman–Crippen LogP) is 5.02. The number of fused-ring (bicyclic) bond motifs is 1. The molecule has 1 fully saturated rings. The number of halogens is 1. The van der Waals surface area contributed by atoms with Gasteiger partial charge in [0.05, 0.1) is 5.69 Å². The molecular weight excluding hydrogens is 419 g/mol. The molecule has 2 amide bonds. The van der Waals surface area contributed by atoms with E-state index >= 15 is 0 Å². The van der Waals surface area contributed by atoms with E-state index in [2.05, 4.69) is 5.43 Å². The number of hydrogen-bond donors (Lipinski definition) is 1. The van der Waals surface area contributed by atoms with Crippen LogP contribution in [0.1, 0.15) is 11.1 Å². The highest BCUT2D eigenvalue weighted by molar-refractivity contribution is 6.32. The number of nitrogens with one attached hydrogen (secondary N) is 1. The van der Waals surface area contributed by atoms with Crippen LogP contribution in [0, 0.1) is 5.82 Å². The minimum atomic E-state index is -0.485. The van der Waals surface area contributed by atoms with Gasteiger partial charge in [-0.3, -0.25) is 15.0 Å². The third-order valence-corrected chi connectivity index (χ3v) is 5.43. The van der Waals surface area contributed by atoms with Gasteiger partial charge in [-0.05, 0) is 52.7 Å². The average molecular weight is 438 g/mol. The number of carbonyl (C=O) groups excluding carboxylic acids is 2. The molecule has 5 rings (SSSR count). The molecule has 4 aromatic rings. The number of carbonyl (C=O) groups is 2. The van der Waals surface area contributed by atoms with Crippen LogP contribution in [0.3, 0.4) is 0 Å². The highest BCUT2D eigenvalue weighted by Crippen LogP contribution is 2.32. The zero-order valence-electron chi connectivity index (χ0n) is 17.5. The second kappa shape index (κ2) is 8.59. The number of rotatable bonds is 5. The van der Waals surface area contributed by atoms with E-state index in [1.165, 1.54) is 17.1 Å². The molecule has 0 aromatic heterocycles. The summed E-state index contributed by atoms with van der Waals surface area (Å²) in [4.78, 5) is 25.8. The molecule has 1 N–H and O–H groups in total. The van der Waals surface area contributed by atoms with E-state index in [0.717, 1.165) is 16.3 Å². The van der Waals surface area contributed by atoms with E-state index in [0.29, 0.717) is 17.0 Å². The Morgan fingerprint density at radius 3 is 2.36 bits per heavy atom. The topological polar surface area (TPSA) is 58.6 Å². The number of anilines is 1. The summed E-state index contributed by atoms with van der Waals surface area (Å²) in [7, 11) is 0. The number of amides is 2. The molecule has 1 aliphatic heterocycles. The molecule has 0 bridgehead atoms. The number of benzene rings is 4. The molecule has 5 nitrogen and oxygen atoms in total. The van der Waals surface area contributed by atoms with Crippen LogP contribution in [0.15, 0.2) is 96.6 Å². The second-order valence-electron chi connectivity index (χ2n) is 7.59. The van der Waals surface area contributed by atoms with E-state index in [1.54, 1.807) is 42.5 Å². The molecule has 0 saturated carbocycles. The minimum Gasteiger partial charge on any atom is -0.488 e. The van der Waals surface area contributed by atoms with Gasteiger partial charge in [0, 0.05) is 5.56 Å². The first kappa shape index (κ1) is 20.5. The first-order valence-electron chi connectivity index (χ1n) is 10.4. The Balaban J connectivity index is 1.54. The van der Waals surface area contributed by atoms with Crippen LogP contribution in [0.25, 0.3) is 16.8 Å². The van der Waals surface area contributed by atoms with Crippen molar-refractivity contribution in [1.82, 2.24) is 5.43 Å². The molecule has 1 saturated heterocycles. The largest absolute Gasteiger partial charge is 0.488 e. The van der Waals surface area contributed by atoms with Gasteiger partial charge in [0.15, 0.2) is 0 Å². The summed E-state index contributed by atoms with van der Waals surface area (Å²) in [5.41, 5.74) is 4.64. The van der Waals surface area contributed by atoms with Gasteiger partial charge in [0.25, 0.3) is 11.8 Å². The van der Waals surface area contributed by atoms with Crippen molar-refractivity contribution in [3.63, 3.8) is 0 Å². The lowest BCUT2D eigenvalue weighted by Gasteiger charge is -2.14. The normalized spacial score (nSPS) is 14.7. The predicted molar refractivity (Wildman–Crippen MR) is 125 cm³/mol. The summed E-state index contributed by atoms with van der Waals surface area (Å²) in [5, 5.41) is 3.03. The molecule has 0 spiro atoms. The van der Waals surface area contributed by atoms with Crippen LogP contribution in [-0.4, -0.2) is 11.8 Å². The van der Waals surface area contributed by atoms with Crippen LogP contribution in [0.4, 0.5) is 10.1 Å². The van der Waals surface area contributed by atoms with Crippen LogP contribution in [0.2, 0.25) is 0 Å². The maximum Gasteiger partial charge on any atom is 0.282 e. The maximum absolute atomic E-state index is 13.2. The van der Waals surface area contributed by atoms with Gasteiger partial charge in [0.2, 0.25) is 0 Å². The van der Waals surface area contributed by atoms with Gasteiger partial charge in [0.1, 0.15) is 23.7 Å². The lowest BCUT2D eigenvalue weighted by molar-refractivity contribution is -0.117. The van der Waals surface area contributed by atoms with E-state index < -0.39 is 11.8 Å². The number of para-hydroxylation sites is 1. The van der Waals surface area contributed by atoms with Crippen molar-refractivity contribution in [2.24, 2.45) is 0 Å². The Hall–Kier alpha value is -4.45. The summed E-state index contributed by atoms with van der Waals surface area (Å²) in [6.07, 6.45) is 1.57. The van der Waals surface area contributed by atoms with Crippen molar-refractivity contribution >= 4 is 34.4 Å². The Labute approximate surface area is 189 Å². The highest BCUT2D eigenvalue weighted by atomic mass is 19.1. The fourth-order valence-corrected chi connectivity index (χ4v) is 3.75. The van der Waals surface area contributed by atoms with Gasteiger partial charge < -0.3 is 4.74 Å². The van der Waals surface area contributed by atoms with Crippen LogP contribution in [0.5, 0.6) is 5.75 Å². The molecule has 0 unspecified atom stereocenters. The zero-order chi connectivity index (χ0) is 22.8. The number of nitrogens with zero attached hydrogens (tertiary/aromatic N) is 1. The molecule has 1 aliphatic rings. The highest BCUT2D eigenvalue weighted by Gasteiger charge is 2.34. The lowest BCUT2D eigenvalue weighted by atomic mass is 10.0. The monoisotopic (exact) mass is 438 g/mol. The number of hydrogen-bond acceptors (Lipinski definition) is 3. The quantitative estimate of drug-likeness (QED) is 0.352. The van der Waals surface area contributed by atoms with Gasteiger partial charge in [-0.2, -0.15) is 0 Å². The minimum absolute atomic E-state index is 0.0156. The van der Waals surface area contributed by atoms with E-state index in [4.69, 9.17) is 4.74 Å². The smallest absolute Gasteiger partial charge is 0.282 e. The Kier molecular flexibility index (Phi) is 5.32. The third kappa shape index (κ3) is 4.06. The first-order chi connectivity index (χ1) is 16.1. The average Bonchev–Trinajstić information content (AvgIpc) is 3.13. The molecule has 33 heavy (non-hydrogen) atoms. The Morgan fingerprint density at radius 1 is 0.848 bits per heavy atom. The SMILES string of the molecule is O=C1NN(c2ccccc2)C(=O)C1=Cc1c(OCc2ccc(F)cc2)ccc2ccccc12. The summed E-state index contributed by atoms with van der Waals surface area (Å²) in [6.45, 7) is 0.213. The van der Waals surface area contributed by atoms with Crippen molar-refractivity contribution in [3.8, 4) is 5.75 Å². The van der Waals surface area contributed by atoms with Crippen molar-refractivity contribution in [2.75, 3.05) is 5.01 Å². The van der Waals surface area contributed by atoms with Crippen molar-refractivity contribution in [2.45, 2.75) is 6.61 Å². The molecule has 162 valence electrons. The molecule has 0 radical (unpaired) electrons. The molecule has 6 heteroatoms. The van der Waals surface area contributed by atoms with Crippen molar-refractivity contribution < 1.29 is 18.7 Å². The maximum atomic E-state index is 13.2. The Bertz CT molecular complexity index is 1380. The molecule has 1 heterocycles. The second-order valence-corrected chi connectivity index (χ2v) is 7.59. The van der Waals surface area contributed by atoms with Gasteiger partial charge >= 0.3 is 0 Å². The molecule has 4 aromatic carbocycles. The third-order valence-electron chi connectivity index (χ3n) is 5.43. The van der Waals surface area contributed by atoms with Crippen LogP contribution < -0.4 is 15.2 Å². The van der Waals surface area contributed by atoms with Gasteiger partial charge in [-0.1, -0.05) is 60.7 Å². The Morgan fingerprint density at radius 2 is 1.58 bits per heavy atom. The lowest BCUT2D eigenvalue weighted by Crippen LogP contribution is -2.35. The van der Waals surface area contributed by atoms with Crippen LogP contribution >= 0.6 is 0 Å².